The molecule has 88 valence electrons. The average Bonchev–Trinajstić information content (AvgIpc) is 2.33. The Kier molecular flexibility index (Phi) is 4.07. The summed E-state index contributed by atoms with van der Waals surface area (Å²) in [7, 11) is 1.64. The van der Waals surface area contributed by atoms with E-state index in [0.717, 1.165) is 20.0 Å². The Balaban J connectivity index is 2.25. The lowest BCUT2D eigenvalue weighted by Crippen LogP contribution is -1.83. The zero-order chi connectivity index (χ0) is 12.3. The fraction of sp³-hybridized carbons (Fsp3) is 0.0769. The quantitative estimate of drug-likeness (QED) is 0.809. The molecule has 0 saturated carbocycles. The zero-order valence-corrected chi connectivity index (χ0v) is 11.5. The van der Waals surface area contributed by atoms with Gasteiger partial charge in [-0.3, -0.25) is 0 Å². The van der Waals surface area contributed by atoms with Gasteiger partial charge in [-0.15, -0.1) is 0 Å². The van der Waals surface area contributed by atoms with Crippen molar-refractivity contribution in [3.05, 3.63) is 52.8 Å². The topological polar surface area (TPSA) is 9.23 Å². The van der Waals surface area contributed by atoms with E-state index in [0.29, 0.717) is 0 Å². The lowest BCUT2D eigenvalue weighted by Gasteiger charge is -2.06. The highest BCUT2D eigenvalue weighted by atomic mass is 79.9. The molecule has 4 heteroatoms. The minimum atomic E-state index is -0.244. The van der Waals surface area contributed by atoms with Gasteiger partial charge in [0.2, 0.25) is 0 Å². The molecule has 2 aromatic rings. The first-order valence-corrected chi connectivity index (χ1v) is 6.57. The monoisotopic (exact) mass is 312 g/mol. The van der Waals surface area contributed by atoms with Crippen LogP contribution in [0.5, 0.6) is 5.75 Å². The average molecular weight is 313 g/mol. The van der Waals surface area contributed by atoms with Crippen molar-refractivity contribution in [2.75, 3.05) is 7.11 Å². The second-order valence-corrected chi connectivity index (χ2v) is 5.33. The van der Waals surface area contributed by atoms with Gasteiger partial charge < -0.3 is 4.74 Å². The maximum absolute atomic E-state index is 12.9. The van der Waals surface area contributed by atoms with Crippen molar-refractivity contribution in [2.45, 2.75) is 9.79 Å². The molecule has 0 aliphatic carbocycles. The molecular weight excluding hydrogens is 303 g/mol. The van der Waals surface area contributed by atoms with E-state index in [1.807, 2.05) is 24.3 Å². The highest BCUT2D eigenvalue weighted by molar-refractivity contribution is 9.10. The van der Waals surface area contributed by atoms with Crippen molar-refractivity contribution in [1.29, 1.82) is 0 Å². The predicted molar refractivity (Wildman–Crippen MR) is 71.2 cm³/mol. The van der Waals surface area contributed by atoms with E-state index in [2.05, 4.69) is 15.9 Å². The summed E-state index contributed by atoms with van der Waals surface area (Å²) in [5.74, 6) is 0.570. The molecule has 0 atom stereocenters. The van der Waals surface area contributed by atoms with Gasteiger partial charge in [-0.2, -0.15) is 0 Å². The molecule has 0 saturated heterocycles. The van der Waals surface area contributed by atoms with Crippen molar-refractivity contribution in [3.63, 3.8) is 0 Å². The number of benzene rings is 2. The molecule has 2 aromatic carbocycles. The van der Waals surface area contributed by atoms with Gasteiger partial charge in [0, 0.05) is 14.3 Å². The third-order valence-corrected chi connectivity index (χ3v) is 4.15. The van der Waals surface area contributed by atoms with Gasteiger partial charge in [-0.1, -0.05) is 17.8 Å². The van der Waals surface area contributed by atoms with Crippen LogP contribution in [0.15, 0.2) is 56.7 Å². The van der Waals surface area contributed by atoms with Crippen LogP contribution in [-0.2, 0) is 0 Å². The summed E-state index contributed by atoms with van der Waals surface area (Å²) >= 11 is 4.91. The lowest BCUT2D eigenvalue weighted by atomic mass is 10.3. The number of methoxy groups -OCH3 is 1. The number of hydrogen-bond donors (Lipinski definition) is 0. The Bertz CT molecular complexity index is 531. The third-order valence-electron chi connectivity index (χ3n) is 2.16. The molecule has 0 unspecified atom stereocenters. The highest BCUT2D eigenvalue weighted by Crippen LogP contribution is 2.35. The van der Waals surface area contributed by atoms with E-state index >= 15 is 0 Å². The molecule has 0 bridgehead atoms. The van der Waals surface area contributed by atoms with Crippen molar-refractivity contribution in [3.8, 4) is 5.75 Å². The van der Waals surface area contributed by atoms with E-state index in [1.54, 1.807) is 24.9 Å². The first kappa shape index (κ1) is 12.5. The molecular formula is C13H10BrFOS. The van der Waals surface area contributed by atoms with E-state index in [4.69, 9.17) is 4.74 Å². The van der Waals surface area contributed by atoms with Gasteiger partial charge >= 0.3 is 0 Å². The molecule has 0 radical (unpaired) electrons. The Morgan fingerprint density at radius 1 is 1.18 bits per heavy atom. The predicted octanol–water partition coefficient (Wildman–Crippen LogP) is 4.75. The second kappa shape index (κ2) is 5.56. The normalized spacial score (nSPS) is 10.3. The number of ether oxygens (including phenoxy) is 1. The Morgan fingerprint density at radius 2 is 2.00 bits per heavy atom. The van der Waals surface area contributed by atoms with Crippen LogP contribution in [0.1, 0.15) is 0 Å². The van der Waals surface area contributed by atoms with Crippen LogP contribution in [0.4, 0.5) is 4.39 Å². The van der Waals surface area contributed by atoms with Crippen LogP contribution in [0.3, 0.4) is 0 Å². The Hall–Kier alpha value is -1.00. The third kappa shape index (κ3) is 3.23. The van der Waals surface area contributed by atoms with Gasteiger partial charge in [0.25, 0.3) is 0 Å². The van der Waals surface area contributed by atoms with E-state index in [9.17, 15) is 4.39 Å². The maximum atomic E-state index is 12.9. The smallest absolute Gasteiger partial charge is 0.124 e. The summed E-state index contributed by atoms with van der Waals surface area (Å²) in [5, 5.41) is 0. The van der Waals surface area contributed by atoms with Gasteiger partial charge in [-0.25, -0.2) is 4.39 Å². The van der Waals surface area contributed by atoms with E-state index in [-0.39, 0.29) is 5.82 Å². The van der Waals surface area contributed by atoms with Gasteiger partial charge in [-0.05, 0) is 52.3 Å². The molecule has 0 aliphatic rings. The van der Waals surface area contributed by atoms with Crippen LogP contribution in [0, 0.1) is 5.82 Å². The van der Waals surface area contributed by atoms with Gasteiger partial charge in [0.1, 0.15) is 11.6 Å². The minimum absolute atomic E-state index is 0.244. The first-order valence-electron chi connectivity index (χ1n) is 4.96. The highest BCUT2D eigenvalue weighted by Gasteiger charge is 2.04. The number of hydrogen-bond acceptors (Lipinski definition) is 2. The zero-order valence-electron chi connectivity index (χ0n) is 9.11. The number of halogens is 2. The fourth-order valence-corrected chi connectivity index (χ4v) is 2.81. The van der Waals surface area contributed by atoms with E-state index < -0.39 is 0 Å². The van der Waals surface area contributed by atoms with Crippen LogP contribution in [0.25, 0.3) is 0 Å². The summed E-state index contributed by atoms with van der Waals surface area (Å²) < 4.78 is 18.9. The molecule has 0 aliphatic heterocycles. The summed E-state index contributed by atoms with van der Waals surface area (Å²) in [5.41, 5.74) is 0. The summed E-state index contributed by atoms with van der Waals surface area (Å²) in [6, 6.07) is 12.4. The van der Waals surface area contributed by atoms with Gasteiger partial charge in [0.15, 0.2) is 0 Å². The van der Waals surface area contributed by atoms with Crippen LogP contribution in [0.2, 0.25) is 0 Å². The first-order chi connectivity index (χ1) is 8.19. The standard InChI is InChI=1S/C13H10BrFOS/c1-16-10-3-2-4-11(8-10)17-13-6-5-9(15)7-12(13)14/h2-8H,1H3. The SMILES string of the molecule is COc1cccc(Sc2ccc(F)cc2Br)c1. The van der Waals surface area contributed by atoms with Crippen molar-refractivity contribution in [1.82, 2.24) is 0 Å². The Labute approximate surface area is 112 Å². The maximum Gasteiger partial charge on any atom is 0.124 e. The van der Waals surface area contributed by atoms with Crippen molar-refractivity contribution >= 4 is 27.7 Å². The molecule has 0 spiro atoms. The largest absolute Gasteiger partial charge is 0.497 e. The van der Waals surface area contributed by atoms with Gasteiger partial charge in [0.05, 0.1) is 7.11 Å². The molecule has 0 aromatic heterocycles. The van der Waals surface area contributed by atoms with Crippen LogP contribution in [-0.4, -0.2) is 7.11 Å². The molecule has 17 heavy (non-hydrogen) atoms. The summed E-state index contributed by atoms with van der Waals surface area (Å²) in [6.07, 6.45) is 0. The molecule has 0 amide bonds. The number of rotatable bonds is 3. The fourth-order valence-electron chi connectivity index (χ4n) is 1.35. The molecule has 0 fully saturated rings. The van der Waals surface area contributed by atoms with Crippen LogP contribution >= 0.6 is 27.7 Å². The lowest BCUT2D eigenvalue weighted by molar-refractivity contribution is 0.413. The molecule has 1 nitrogen and oxygen atoms in total. The second-order valence-electron chi connectivity index (χ2n) is 3.36. The Morgan fingerprint density at radius 3 is 2.71 bits per heavy atom. The summed E-state index contributed by atoms with van der Waals surface area (Å²) in [4.78, 5) is 2.02. The van der Waals surface area contributed by atoms with Crippen LogP contribution < -0.4 is 4.74 Å². The summed E-state index contributed by atoms with van der Waals surface area (Å²) in [6.45, 7) is 0. The molecule has 0 N–H and O–H groups in total. The minimum Gasteiger partial charge on any atom is -0.497 e. The van der Waals surface area contributed by atoms with E-state index in [1.165, 1.54) is 12.1 Å². The van der Waals surface area contributed by atoms with Crippen molar-refractivity contribution in [2.24, 2.45) is 0 Å². The molecule has 2 rings (SSSR count). The molecule has 0 heterocycles. The van der Waals surface area contributed by atoms with Crippen molar-refractivity contribution < 1.29 is 9.13 Å².